The molecule has 0 saturated carbocycles. The molecule has 2 N–H and O–H groups in total. The highest BCUT2D eigenvalue weighted by Crippen LogP contribution is 2.34. The zero-order valence-electron chi connectivity index (χ0n) is 19.6. The molecule has 1 atom stereocenters. The molecule has 9 heteroatoms. The minimum absolute atomic E-state index is 0.139. The summed E-state index contributed by atoms with van der Waals surface area (Å²) in [5.74, 6) is -0.250. The first-order valence-corrected chi connectivity index (χ1v) is 12.0. The van der Waals surface area contributed by atoms with E-state index in [1.807, 2.05) is 23.0 Å². The second kappa shape index (κ2) is 8.90. The molecular weight excluding hydrogens is 445 g/mol. The molecule has 180 valence electrons. The van der Waals surface area contributed by atoms with Crippen molar-refractivity contribution < 1.29 is 9.13 Å². The molecule has 2 aliphatic rings. The number of hydrogen-bond acceptors (Lipinski definition) is 7. The molecule has 5 heterocycles. The van der Waals surface area contributed by atoms with Crippen LogP contribution in [0.15, 0.2) is 55.1 Å². The van der Waals surface area contributed by atoms with Crippen molar-refractivity contribution in [3.8, 4) is 16.9 Å². The van der Waals surface area contributed by atoms with Gasteiger partial charge in [0.25, 0.3) is 0 Å². The second-order valence-corrected chi connectivity index (χ2v) is 9.27. The van der Waals surface area contributed by atoms with Crippen LogP contribution < -0.4 is 15.4 Å². The van der Waals surface area contributed by atoms with Crippen molar-refractivity contribution in [2.75, 3.05) is 38.2 Å². The van der Waals surface area contributed by atoms with Gasteiger partial charge in [-0.1, -0.05) is 12.2 Å². The molecule has 35 heavy (non-hydrogen) atoms. The van der Waals surface area contributed by atoms with Crippen molar-refractivity contribution in [2.24, 2.45) is 5.73 Å². The average molecular weight is 474 g/mol. The third kappa shape index (κ3) is 4.00. The van der Waals surface area contributed by atoms with Crippen LogP contribution in [0.3, 0.4) is 0 Å². The van der Waals surface area contributed by atoms with Gasteiger partial charge in [0.05, 0.1) is 36.9 Å². The Hall–Kier alpha value is -3.56. The van der Waals surface area contributed by atoms with Crippen LogP contribution >= 0.6 is 0 Å². The number of nitrogens with zero attached hydrogens (tertiary/aromatic N) is 6. The maximum Gasteiger partial charge on any atom is 0.167 e. The van der Waals surface area contributed by atoms with Gasteiger partial charge in [-0.05, 0) is 30.5 Å². The molecule has 2 aliphatic heterocycles. The Bertz CT molecular complexity index is 1410. The van der Waals surface area contributed by atoms with Gasteiger partial charge in [0.15, 0.2) is 17.2 Å². The number of piperidine rings is 1. The molecule has 1 aromatic carbocycles. The SMILES string of the molecule is COc1cc2c(-c3cnn4cc(N5CCC(N6CC=CC(N)C6)CC5)cnc34)ccnc2cc1F. The number of rotatable bonds is 4. The van der Waals surface area contributed by atoms with Gasteiger partial charge in [0, 0.05) is 61.5 Å². The molecule has 1 fully saturated rings. The zero-order valence-corrected chi connectivity index (χ0v) is 19.6. The maximum atomic E-state index is 14.2. The van der Waals surface area contributed by atoms with E-state index in [0.29, 0.717) is 11.6 Å². The van der Waals surface area contributed by atoms with E-state index in [1.165, 1.54) is 13.2 Å². The van der Waals surface area contributed by atoms with Crippen molar-refractivity contribution in [2.45, 2.75) is 24.9 Å². The van der Waals surface area contributed by atoms with Gasteiger partial charge >= 0.3 is 0 Å². The van der Waals surface area contributed by atoms with Gasteiger partial charge in [-0.15, -0.1) is 0 Å². The monoisotopic (exact) mass is 473 g/mol. The third-order valence-corrected chi connectivity index (χ3v) is 7.16. The van der Waals surface area contributed by atoms with Gasteiger partial charge in [-0.25, -0.2) is 13.9 Å². The Morgan fingerprint density at radius 3 is 2.77 bits per heavy atom. The van der Waals surface area contributed by atoms with Gasteiger partial charge in [-0.2, -0.15) is 5.10 Å². The average Bonchev–Trinajstić information content (AvgIpc) is 3.31. The topological polar surface area (TPSA) is 84.8 Å². The Morgan fingerprint density at radius 2 is 1.97 bits per heavy atom. The Labute approximate surface area is 202 Å². The lowest BCUT2D eigenvalue weighted by Crippen LogP contribution is -2.50. The van der Waals surface area contributed by atoms with Crippen molar-refractivity contribution in [3.63, 3.8) is 0 Å². The van der Waals surface area contributed by atoms with Crippen LogP contribution in [0.25, 0.3) is 27.7 Å². The van der Waals surface area contributed by atoms with E-state index in [-0.39, 0.29) is 11.8 Å². The summed E-state index contributed by atoms with van der Waals surface area (Å²) < 4.78 is 21.2. The van der Waals surface area contributed by atoms with Crippen LogP contribution in [-0.4, -0.2) is 69.9 Å². The minimum Gasteiger partial charge on any atom is -0.494 e. The first kappa shape index (κ1) is 21.9. The predicted octanol–water partition coefficient (Wildman–Crippen LogP) is 3.26. The lowest BCUT2D eigenvalue weighted by atomic mass is 10.0. The van der Waals surface area contributed by atoms with E-state index in [4.69, 9.17) is 15.5 Å². The number of benzene rings is 1. The fourth-order valence-electron chi connectivity index (χ4n) is 5.32. The van der Waals surface area contributed by atoms with E-state index in [9.17, 15) is 4.39 Å². The van der Waals surface area contributed by atoms with Gasteiger partial charge < -0.3 is 15.4 Å². The lowest BCUT2D eigenvalue weighted by Gasteiger charge is -2.40. The minimum atomic E-state index is -0.435. The highest BCUT2D eigenvalue weighted by Gasteiger charge is 2.27. The predicted molar refractivity (Wildman–Crippen MR) is 134 cm³/mol. The molecular formula is C26H28FN7O. The fraction of sp³-hybridized carbons (Fsp3) is 0.346. The van der Waals surface area contributed by atoms with Crippen molar-refractivity contribution in [3.05, 3.63) is 61.0 Å². The first-order valence-electron chi connectivity index (χ1n) is 12.0. The summed E-state index contributed by atoms with van der Waals surface area (Å²) in [7, 11) is 1.46. The van der Waals surface area contributed by atoms with Crippen molar-refractivity contribution >= 4 is 22.2 Å². The highest BCUT2D eigenvalue weighted by molar-refractivity contribution is 5.98. The Kier molecular flexibility index (Phi) is 5.58. The molecule has 6 rings (SSSR count). The molecule has 0 spiro atoms. The Balaban J connectivity index is 1.26. The normalized spacial score (nSPS) is 19.6. The molecule has 3 aromatic heterocycles. The largest absolute Gasteiger partial charge is 0.494 e. The van der Waals surface area contributed by atoms with Crippen LogP contribution in [0.5, 0.6) is 5.75 Å². The molecule has 4 aromatic rings. The number of fused-ring (bicyclic) bond motifs is 2. The smallest absolute Gasteiger partial charge is 0.167 e. The van der Waals surface area contributed by atoms with E-state index in [0.717, 1.165) is 66.9 Å². The van der Waals surface area contributed by atoms with Crippen molar-refractivity contribution in [1.29, 1.82) is 0 Å². The summed E-state index contributed by atoms with van der Waals surface area (Å²) >= 11 is 0. The summed E-state index contributed by atoms with van der Waals surface area (Å²) in [4.78, 5) is 14.0. The quantitative estimate of drug-likeness (QED) is 0.456. The van der Waals surface area contributed by atoms with Crippen LogP contribution in [0, 0.1) is 5.82 Å². The van der Waals surface area contributed by atoms with E-state index >= 15 is 0 Å². The Morgan fingerprint density at radius 1 is 1.11 bits per heavy atom. The summed E-state index contributed by atoms with van der Waals surface area (Å²) in [6, 6.07) is 5.68. The van der Waals surface area contributed by atoms with E-state index in [2.05, 4.69) is 32.0 Å². The number of ether oxygens (including phenoxy) is 1. The fourth-order valence-corrected chi connectivity index (χ4v) is 5.32. The number of methoxy groups -OCH3 is 1. The summed E-state index contributed by atoms with van der Waals surface area (Å²) in [5, 5.41) is 5.38. The molecule has 0 aliphatic carbocycles. The number of nitrogens with two attached hydrogens (primary N) is 1. The number of hydrogen-bond donors (Lipinski definition) is 1. The molecule has 0 bridgehead atoms. The second-order valence-electron chi connectivity index (χ2n) is 9.27. The van der Waals surface area contributed by atoms with E-state index < -0.39 is 5.82 Å². The summed E-state index contributed by atoms with van der Waals surface area (Å²) in [6.07, 6.45) is 13.9. The summed E-state index contributed by atoms with van der Waals surface area (Å²) in [6.45, 7) is 3.88. The highest BCUT2D eigenvalue weighted by atomic mass is 19.1. The van der Waals surface area contributed by atoms with Gasteiger partial charge in [0.1, 0.15) is 0 Å². The van der Waals surface area contributed by atoms with Crippen LogP contribution in [0.1, 0.15) is 12.8 Å². The molecule has 0 radical (unpaired) electrons. The third-order valence-electron chi connectivity index (χ3n) is 7.16. The van der Waals surface area contributed by atoms with Crippen LogP contribution in [0.4, 0.5) is 10.1 Å². The van der Waals surface area contributed by atoms with Crippen LogP contribution in [0.2, 0.25) is 0 Å². The molecule has 1 unspecified atom stereocenters. The lowest BCUT2D eigenvalue weighted by molar-refractivity contribution is 0.176. The first-order chi connectivity index (χ1) is 17.1. The zero-order chi connectivity index (χ0) is 23.9. The number of pyridine rings is 1. The maximum absolute atomic E-state index is 14.2. The van der Waals surface area contributed by atoms with Gasteiger partial charge in [0.2, 0.25) is 0 Å². The van der Waals surface area contributed by atoms with Crippen molar-refractivity contribution in [1.82, 2.24) is 24.5 Å². The molecule has 0 amide bonds. The number of anilines is 1. The summed E-state index contributed by atoms with van der Waals surface area (Å²) in [5.41, 5.74) is 10.2. The van der Waals surface area contributed by atoms with Crippen LogP contribution in [-0.2, 0) is 0 Å². The molecule has 8 nitrogen and oxygen atoms in total. The number of aromatic nitrogens is 4. The van der Waals surface area contributed by atoms with E-state index in [1.54, 1.807) is 18.5 Å². The molecule has 1 saturated heterocycles. The van der Waals surface area contributed by atoms with Gasteiger partial charge in [-0.3, -0.25) is 9.88 Å². The number of halogens is 1. The standard InChI is InChI=1S/C26H28FN7O/c1-35-25-11-21-20(4-7-29-24(21)12-23(25)27)22-14-31-34-16-19(13-30-26(22)34)32-9-5-18(6-10-32)33-8-2-3-17(28)15-33/h2-4,7,11-14,16-18H,5-6,8-10,15,28H2,1H3.